The summed E-state index contributed by atoms with van der Waals surface area (Å²) in [5.41, 5.74) is 7.44. The number of alkyl carbamates (subject to hydrolysis) is 1. The van der Waals surface area contributed by atoms with Crippen molar-refractivity contribution in [2.75, 3.05) is 23.7 Å². The maximum absolute atomic E-state index is 11.9. The molecule has 2 fully saturated rings. The number of carbonyl (C=O) groups is 1. The van der Waals surface area contributed by atoms with Crippen LogP contribution in [0.3, 0.4) is 0 Å². The Kier molecular flexibility index (Phi) is 4.80. The van der Waals surface area contributed by atoms with Crippen LogP contribution in [0.4, 0.5) is 16.2 Å². The van der Waals surface area contributed by atoms with Crippen LogP contribution in [0, 0.1) is 5.41 Å². The molecule has 1 amide bonds. The molecule has 6 heteroatoms. The summed E-state index contributed by atoms with van der Waals surface area (Å²) >= 11 is 6.33. The van der Waals surface area contributed by atoms with E-state index in [1.807, 2.05) is 39.0 Å². The number of piperidine rings is 1. The number of nitrogens with two attached hydrogens (primary N) is 1. The van der Waals surface area contributed by atoms with Crippen molar-refractivity contribution < 1.29 is 9.53 Å². The van der Waals surface area contributed by atoms with E-state index in [-0.39, 0.29) is 12.1 Å². The molecule has 1 aliphatic carbocycles. The third kappa shape index (κ3) is 4.32. The van der Waals surface area contributed by atoms with Gasteiger partial charge < -0.3 is 20.7 Å². The Morgan fingerprint density at radius 1 is 1.32 bits per heavy atom. The number of rotatable bonds is 2. The van der Waals surface area contributed by atoms with Gasteiger partial charge in [0, 0.05) is 24.8 Å². The number of hydrogen-bond acceptors (Lipinski definition) is 4. The normalized spacial score (nSPS) is 20.2. The lowest BCUT2D eigenvalue weighted by Gasteiger charge is -2.52. The highest BCUT2D eigenvalue weighted by Crippen LogP contribution is 2.50. The molecule has 0 unspecified atom stereocenters. The Balaban J connectivity index is 1.48. The van der Waals surface area contributed by atoms with E-state index in [4.69, 9.17) is 22.1 Å². The average Bonchev–Trinajstić information content (AvgIpc) is 2.45. The van der Waals surface area contributed by atoms with Crippen LogP contribution < -0.4 is 16.0 Å². The van der Waals surface area contributed by atoms with Crippen molar-refractivity contribution in [2.45, 2.75) is 58.1 Å². The molecule has 0 radical (unpaired) electrons. The Morgan fingerprint density at radius 2 is 1.96 bits per heavy atom. The van der Waals surface area contributed by atoms with E-state index in [2.05, 4.69) is 10.2 Å². The maximum atomic E-state index is 11.9. The molecular weight excluding hydrogens is 338 g/mol. The number of ether oxygens (including phenoxy) is 1. The number of anilines is 2. The largest absolute Gasteiger partial charge is 0.444 e. The summed E-state index contributed by atoms with van der Waals surface area (Å²) in [5, 5.41) is 3.71. The minimum atomic E-state index is -0.449. The van der Waals surface area contributed by atoms with Gasteiger partial charge in [-0.3, -0.25) is 0 Å². The lowest BCUT2D eigenvalue weighted by molar-refractivity contribution is 0.0234. The summed E-state index contributed by atoms with van der Waals surface area (Å²) < 4.78 is 5.33. The van der Waals surface area contributed by atoms with Crippen LogP contribution in [-0.4, -0.2) is 30.8 Å². The zero-order chi connectivity index (χ0) is 18.2. The van der Waals surface area contributed by atoms with Crippen LogP contribution in [0.5, 0.6) is 0 Å². The zero-order valence-electron chi connectivity index (χ0n) is 15.3. The molecule has 0 aromatic heterocycles. The lowest BCUT2D eigenvalue weighted by atomic mass is 9.60. The second-order valence-corrected chi connectivity index (χ2v) is 8.86. The number of nitrogen functional groups attached to an aromatic ring is 1. The quantitative estimate of drug-likeness (QED) is 0.771. The molecule has 1 aromatic rings. The van der Waals surface area contributed by atoms with E-state index < -0.39 is 5.60 Å². The number of hydrogen-bond donors (Lipinski definition) is 2. The van der Waals surface area contributed by atoms with Gasteiger partial charge in [0.2, 0.25) is 0 Å². The van der Waals surface area contributed by atoms with Crippen LogP contribution >= 0.6 is 11.6 Å². The predicted molar refractivity (Wildman–Crippen MR) is 102 cm³/mol. The molecule has 1 saturated heterocycles. The highest BCUT2D eigenvalue weighted by atomic mass is 35.5. The second-order valence-electron chi connectivity index (χ2n) is 8.45. The Morgan fingerprint density at radius 3 is 2.52 bits per heavy atom. The van der Waals surface area contributed by atoms with Gasteiger partial charge in [-0.25, -0.2) is 4.79 Å². The topological polar surface area (TPSA) is 67.6 Å². The smallest absolute Gasteiger partial charge is 0.407 e. The molecule has 5 nitrogen and oxygen atoms in total. The first-order valence-electron chi connectivity index (χ1n) is 8.95. The molecule has 1 saturated carbocycles. The molecule has 1 spiro atoms. The van der Waals surface area contributed by atoms with E-state index in [0.29, 0.717) is 16.1 Å². The Hall–Kier alpha value is -1.62. The summed E-state index contributed by atoms with van der Waals surface area (Å²) in [4.78, 5) is 14.2. The van der Waals surface area contributed by atoms with Gasteiger partial charge in [-0.1, -0.05) is 11.6 Å². The molecule has 1 aromatic carbocycles. The van der Waals surface area contributed by atoms with Crippen molar-refractivity contribution >= 4 is 29.1 Å². The molecule has 138 valence electrons. The first kappa shape index (κ1) is 18.2. The zero-order valence-corrected chi connectivity index (χ0v) is 16.0. The molecule has 2 aliphatic rings. The van der Waals surface area contributed by atoms with E-state index >= 15 is 0 Å². The summed E-state index contributed by atoms with van der Waals surface area (Å²) in [6.45, 7) is 7.62. The van der Waals surface area contributed by atoms with E-state index in [0.717, 1.165) is 44.5 Å². The van der Waals surface area contributed by atoms with Crippen molar-refractivity contribution in [1.29, 1.82) is 0 Å². The van der Waals surface area contributed by atoms with E-state index in [1.165, 1.54) is 0 Å². The van der Waals surface area contributed by atoms with Crippen LogP contribution in [-0.2, 0) is 4.74 Å². The van der Waals surface area contributed by atoms with Gasteiger partial charge in [0.1, 0.15) is 5.60 Å². The summed E-state index contributed by atoms with van der Waals surface area (Å²) in [5.74, 6) is 0. The number of amides is 1. The monoisotopic (exact) mass is 365 g/mol. The molecule has 1 aliphatic heterocycles. The fourth-order valence-corrected chi connectivity index (χ4v) is 4.28. The predicted octanol–water partition coefficient (Wildman–Crippen LogP) is 4.20. The first-order valence-corrected chi connectivity index (χ1v) is 9.33. The highest BCUT2D eigenvalue weighted by molar-refractivity contribution is 6.33. The number of benzene rings is 1. The van der Waals surface area contributed by atoms with Crippen LogP contribution in [0.25, 0.3) is 0 Å². The van der Waals surface area contributed by atoms with Crippen molar-refractivity contribution in [2.24, 2.45) is 5.41 Å². The fourth-order valence-electron chi connectivity index (χ4n) is 3.97. The molecule has 3 N–H and O–H groups in total. The minimum absolute atomic E-state index is 0.238. The van der Waals surface area contributed by atoms with E-state index in [1.54, 1.807) is 0 Å². The summed E-state index contributed by atoms with van der Waals surface area (Å²) in [6, 6.07) is 5.95. The molecule has 0 bridgehead atoms. The average molecular weight is 366 g/mol. The minimum Gasteiger partial charge on any atom is -0.444 e. The first-order chi connectivity index (χ1) is 11.7. The fraction of sp³-hybridized carbons (Fsp3) is 0.632. The number of carbonyl (C=O) groups excluding carboxylic acids is 1. The molecule has 1 heterocycles. The third-order valence-corrected chi connectivity index (χ3v) is 5.52. The van der Waals surface area contributed by atoms with Gasteiger partial charge in [0.05, 0.1) is 10.7 Å². The van der Waals surface area contributed by atoms with Crippen LogP contribution in [0.15, 0.2) is 18.2 Å². The van der Waals surface area contributed by atoms with Gasteiger partial charge in [0.15, 0.2) is 0 Å². The van der Waals surface area contributed by atoms with Gasteiger partial charge >= 0.3 is 6.09 Å². The Bertz CT molecular complexity index is 641. The highest BCUT2D eigenvalue weighted by Gasteiger charge is 2.46. The number of nitrogens with one attached hydrogen (secondary N) is 1. The lowest BCUT2D eigenvalue weighted by Crippen LogP contribution is -2.55. The third-order valence-electron chi connectivity index (χ3n) is 5.22. The molecule has 0 atom stereocenters. The van der Waals surface area contributed by atoms with E-state index in [9.17, 15) is 4.79 Å². The standard InChI is InChI=1S/C19H28ClN3O2/c1-18(2,3)25-17(24)22-14-11-19(12-14)6-8-23(9-7-19)16-5-4-13(21)10-15(16)20/h4-5,10,14H,6-9,11-12,21H2,1-3H3,(H,22,24). The SMILES string of the molecule is CC(C)(C)OC(=O)NC1CC2(CCN(c3ccc(N)cc3Cl)CC2)C1. The van der Waals surface area contributed by atoms with Gasteiger partial charge in [-0.2, -0.15) is 0 Å². The van der Waals surface area contributed by atoms with Gasteiger partial charge in [-0.05, 0) is 70.1 Å². The summed E-state index contributed by atoms with van der Waals surface area (Å²) in [7, 11) is 0. The second kappa shape index (κ2) is 6.60. The molecular formula is C19H28ClN3O2. The molecule has 3 rings (SSSR count). The Labute approximate surface area is 154 Å². The maximum Gasteiger partial charge on any atom is 0.407 e. The van der Waals surface area contributed by atoms with Crippen molar-refractivity contribution in [3.8, 4) is 0 Å². The van der Waals surface area contributed by atoms with Crippen LogP contribution in [0.1, 0.15) is 46.5 Å². The van der Waals surface area contributed by atoms with Gasteiger partial charge in [-0.15, -0.1) is 0 Å². The van der Waals surface area contributed by atoms with Gasteiger partial charge in [0.25, 0.3) is 0 Å². The summed E-state index contributed by atoms with van der Waals surface area (Å²) in [6.07, 6.45) is 4.02. The van der Waals surface area contributed by atoms with Crippen LogP contribution in [0.2, 0.25) is 5.02 Å². The van der Waals surface area contributed by atoms with Crippen molar-refractivity contribution in [3.63, 3.8) is 0 Å². The van der Waals surface area contributed by atoms with Crippen molar-refractivity contribution in [3.05, 3.63) is 23.2 Å². The number of nitrogens with zero attached hydrogens (tertiary/aromatic N) is 1. The molecule has 25 heavy (non-hydrogen) atoms. The number of halogens is 1. The van der Waals surface area contributed by atoms with Crippen molar-refractivity contribution in [1.82, 2.24) is 5.32 Å².